The third-order valence-electron chi connectivity index (χ3n) is 4.36. The van der Waals surface area contributed by atoms with Crippen LogP contribution in [0.4, 0.5) is 11.5 Å². The predicted octanol–water partition coefficient (Wildman–Crippen LogP) is 1.69. The first-order valence-corrected chi connectivity index (χ1v) is 10.3. The molecule has 1 aliphatic rings. The molecule has 1 aliphatic heterocycles. The zero-order valence-corrected chi connectivity index (χ0v) is 15.1. The lowest BCUT2D eigenvalue weighted by Crippen LogP contribution is -2.36. The van der Waals surface area contributed by atoms with Gasteiger partial charge in [-0.2, -0.15) is 0 Å². The van der Waals surface area contributed by atoms with E-state index in [1.807, 2.05) is 30.3 Å². The van der Waals surface area contributed by atoms with Crippen molar-refractivity contribution in [1.82, 2.24) is 20.5 Å². The van der Waals surface area contributed by atoms with Crippen molar-refractivity contribution < 1.29 is 13.2 Å². The molecule has 1 atom stereocenters. The van der Waals surface area contributed by atoms with Crippen LogP contribution < -0.4 is 10.6 Å². The second-order valence-electron chi connectivity index (χ2n) is 6.38. The fraction of sp³-hybridized carbons (Fsp3) is 0.222. The minimum atomic E-state index is -3.05. The molecule has 0 aliphatic carbocycles. The summed E-state index contributed by atoms with van der Waals surface area (Å²) < 4.78 is 23.0. The molecule has 138 valence electrons. The molecule has 3 heterocycles. The van der Waals surface area contributed by atoms with E-state index in [0.29, 0.717) is 12.2 Å². The third-order valence-corrected chi connectivity index (χ3v) is 6.13. The number of pyridine rings is 1. The van der Waals surface area contributed by atoms with Gasteiger partial charge in [-0.1, -0.05) is 18.2 Å². The lowest BCUT2D eigenvalue weighted by atomic mass is 10.2. The van der Waals surface area contributed by atoms with Crippen molar-refractivity contribution in [1.29, 1.82) is 0 Å². The van der Waals surface area contributed by atoms with Crippen LogP contribution in [-0.2, 0) is 9.84 Å². The molecule has 2 N–H and O–H groups in total. The Balaban J connectivity index is 1.46. The van der Waals surface area contributed by atoms with E-state index >= 15 is 0 Å². The Bertz CT molecular complexity index is 1090. The maximum Gasteiger partial charge on any atom is 0.272 e. The fourth-order valence-electron chi connectivity index (χ4n) is 3.03. The number of nitrogens with one attached hydrogen (secondary N) is 2. The largest absolute Gasteiger partial charge is 0.347 e. The summed E-state index contributed by atoms with van der Waals surface area (Å²) >= 11 is 0. The molecule has 0 bridgehead atoms. The molecule has 9 heteroatoms. The Hall–Kier alpha value is -3.07. The van der Waals surface area contributed by atoms with Crippen LogP contribution in [0.2, 0.25) is 0 Å². The Kier molecular flexibility index (Phi) is 4.44. The Labute approximate surface area is 156 Å². The van der Waals surface area contributed by atoms with E-state index in [4.69, 9.17) is 0 Å². The number of anilines is 2. The zero-order valence-electron chi connectivity index (χ0n) is 14.3. The quantitative estimate of drug-likeness (QED) is 0.704. The number of amides is 1. The molecule has 0 radical (unpaired) electrons. The molecule has 4 rings (SSSR count). The summed E-state index contributed by atoms with van der Waals surface area (Å²) in [6, 6.07) is 12.4. The highest BCUT2D eigenvalue weighted by molar-refractivity contribution is 7.91. The van der Waals surface area contributed by atoms with Crippen molar-refractivity contribution >= 4 is 38.2 Å². The molecule has 1 fully saturated rings. The Morgan fingerprint density at radius 3 is 2.67 bits per heavy atom. The molecular weight excluding hydrogens is 366 g/mol. The standard InChI is InChI=1S/C18H17N5O3S/c24-18(20-13-8-10-27(25,26)11-13)15-6-7-16(23-22-15)21-14-5-1-3-12-4-2-9-19-17(12)14/h1-7,9,13H,8,10-11H2,(H,20,24)(H,21,23). The summed E-state index contributed by atoms with van der Waals surface area (Å²) in [4.78, 5) is 16.6. The number of sulfone groups is 1. The van der Waals surface area contributed by atoms with Gasteiger partial charge in [-0.05, 0) is 30.7 Å². The molecule has 0 saturated carbocycles. The summed E-state index contributed by atoms with van der Waals surface area (Å²) in [5, 5.41) is 14.8. The van der Waals surface area contributed by atoms with Gasteiger partial charge in [-0.3, -0.25) is 9.78 Å². The monoisotopic (exact) mass is 383 g/mol. The van der Waals surface area contributed by atoms with Crippen molar-refractivity contribution in [3.05, 3.63) is 54.4 Å². The first-order chi connectivity index (χ1) is 13.0. The van der Waals surface area contributed by atoms with Crippen molar-refractivity contribution in [2.24, 2.45) is 0 Å². The number of benzene rings is 1. The lowest BCUT2D eigenvalue weighted by molar-refractivity contribution is 0.0935. The topological polar surface area (TPSA) is 114 Å². The summed E-state index contributed by atoms with van der Waals surface area (Å²) in [6.07, 6.45) is 2.14. The average molecular weight is 383 g/mol. The molecular formula is C18H17N5O3S. The minimum Gasteiger partial charge on any atom is -0.347 e. The van der Waals surface area contributed by atoms with Crippen LogP contribution in [0.3, 0.4) is 0 Å². The molecule has 8 nitrogen and oxygen atoms in total. The predicted molar refractivity (Wildman–Crippen MR) is 102 cm³/mol. The molecule has 1 saturated heterocycles. The van der Waals surface area contributed by atoms with Crippen LogP contribution in [0.15, 0.2) is 48.7 Å². The maximum absolute atomic E-state index is 12.2. The van der Waals surface area contributed by atoms with Crippen molar-refractivity contribution in [3.63, 3.8) is 0 Å². The Morgan fingerprint density at radius 2 is 1.93 bits per heavy atom. The van der Waals surface area contributed by atoms with Gasteiger partial charge in [0.2, 0.25) is 0 Å². The Morgan fingerprint density at radius 1 is 1.07 bits per heavy atom. The third kappa shape index (κ3) is 3.87. The van der Waals surface area contributed by atoms with E-state index in [0.717, 1.165) is 16.6 Å². The van der Waals surface area contributed by atoms with E-state index in [-0.39, 0.29) is 23.2 Å². The number of nitrogens with zero attached hydrogens (tertiary/aromatic N) is 3. The van der Waals surface area contributed by atoms with Crippen LogP contribution in [0.5, 0.6) is 0 Å². The van der Waals surface area contributed by atoms with Crippen LogP contribution in [-0.4, -0.2) is 47.1 Å². The maximum atomic E-state index is 12.2. The highest BCUT2D eigenvalue weighted by Gasteiger charge is 2.29. The summed E-state index contributed by atoms with van der Waals surface area (Å²) in [6.45, 7) is 0. The van der Waals surface area contributed by atoms with Crippen molar-refractivity contribution in [3.8, 4) is 0 Å². The highest BCUT2D eigenvalue weighted by atomic mass is 32.2. The van der Waals surface area contributed by atoms with Crippen LogP contribution in [0.1, 0.15) is 16.9 Å². The SMILES string of the molecule is O=C(NC1CCS(=O)(=O)C1)c1ccc(Nc2cccc3cccnc23)nn1. The van der Waals surface area contributed by atoms with Gasteiger partial charge in [0.1, 0.15) is 0 Å². The van der Waals surface area contributed by atoms with Gasteiger partial charge in [-0.25, -0.2) is 8.42 Å². The van der Waals surface area contributed by atoms with E-state index in [1.54, 1.807) is 18.3 Å². The van der Waals surface area contributed by atoms with Gasteiger partial charge < -0.3 is 10.6 Å². The minimum absolute atomic E-state index is 0.0279. The molecule has 1 aromatic carbocycles. The number of aromatic nitrogens is 3. The number of carbonyl (C=O) groups excluding carboxylic acids is 1. The van der Waals surface area contributed by atoms with Crippen LogP contribution >= 0.6 is 0 Å². The molecule has 1 amide bonds. The number of hydrogen-bond acceptors (Lipinski definition) is 7. The van der Waals surface area contributed by atoms with Crippen LogP contribution in [0, 0.1) is 0 Å². The number of fused-ring (bicyclic) bond motifs is 1. The zero-order chi connectivity index (χ0) is 18.9. The second-order valence-corrected chi connectivity index (χ2v) is 8.61. The van der Waals surface area contributed by atoms with Gasteiger partial charge >= 0.3 is 0 Å². The van der Waals surface area contributed by atoms with E-state index in [2.05, 4.69) is 25.8 Å². The molecule has 1 unspecified atom stereocenters. The number of rotatable bonds is 4. The van der Waals surface area contributed by atoms with E-state index in [9.17, 15) is 13.2 Å². The number of para-hydroxylation sites is 1. The molecule has 2 aromatic heterocycles. The molecule has 27 heavy (non-hydrogen) atoms. The van der Waals surface area contributed by atoms with Crippen molar-refractivity contribution in [2.75, 3.05) is 16.8 Å². The number of carbonyl (C=O) groups is 1. The highest BCUT2D eigenvalue weighted by Crippen LogP contribution is 2.23. The molecule has 0 spiro atoms. The van der Waals surface area contributed by atoms with Crippen molar-refractivity contribution in [2.45, 2.75) is 12.5 Å². The lowest BCUT2D eigenvalue weighted by Gasteiger charge is -2.11. The van der Waals surface area contributed by atoms with Crippen LogP contribution in [0.25, 0.3) is 10.9 Å². The van der Waals surface area contributed by atoms with Gasteiger partial charge in [0, 0.05) is 17.6 Å². The molecule has 3 aromatic rings. The second kappa shape index (κ2) is 6.92. The normalized spacial score (nSPS) is 18.3. The number of hydrogen-bond donors (Lipinski definition) is 2. The summed E-state index contributed by atoms with van der Waals surface area (Å²) in [5.74, 6) is 0.127. The summed E-state index contributed by atoms with van der Waals surface area (Å²) in [7, 11) is -3.05. The van der Waals surface area contributed by atoms with Gasteiger partial charge in [0.05, 0.1) is 22.7 Å². The smallest absolute Gasteiger partial charge is 0.272 e. The first-order valence-electron chi connectivity index (χ1n) is 8.46. The fourth-order valence-corrected chi connectivity index (χ4v) is 4.70. The average Bonchev–Trinajstić information content (AvgIpc) is 3.01. The van der Waals surface area contributed by atoms with E-state index < -0.39 is 15.7 Å². The van der Waals surface area contributed by atoms with E-state index in [1.165, 1.54) is 0 Å². The van der Waals surface area contributed by atoms with Gasteiger partial charge in [-0.15, -0.1) is 10.2 Å². The summed E-state index contributed by atoms with van der Waals surface area (Å²) in [5.41, 5.74) is 1.74. The first kappa shape index (κ1) is 17.3. The van der Waals surface area contributed by atoms with Gasteiger partial charge in [0.15, 0.2) is 21.3 Å². The van der Waals surface area contributed by atoms with Gasteiger partial charge in [0.25, 0.3) is 5.91 Å².